The highest BCUT2D eigenvalue weighted by Crippen LogP contribution is 2.24. The van der Waals surface area contributed by atoms with Crippen molar-refractivity contribution in [1.82, 2.24) is 10.7 Å². The SMILES string of the molecule is COc1ccc(C(=O)NCCC(=O)NN=Cc2ccc(OC)c(Br)c2)cc1. The molecule has 8 heteroatoms. The van der Waals surface area contributed by atoms with E-state index in [1.165, 1.54) is 6.21 Å². The summed E-state index contributed by atoms with van der Waals surface area (Å²) in [7, 11) is 3.14. The van der Waals surface area contributed by atoms with Gasteiger partial charge in [0.15, 0.2) is 0 Å². The Kier molecular flexibility index (Phi) is 7.81. The maximum atomic E-state index is 12.0. The van der Waals surface area contributed by atoms with Crippen molar-refractivity contribution in [2.45, 2.75) is 6.42 Å². The van der Waals surface area contributed by atoms with Gasteiger partial charge in [0.25, 0.3) is 5.91 Å². The highest BCUT2D eigenvalue weighted by molar-refractivity contribution is 9.10. The lowest BCUT2D eigenvalue weighted by Gasteiger charge is -2.06. The third-order valence-corrected chi connectivity index (χ3v) is 4.19. The van der Waals surface area contributed by atoms with Crippen LogP contribution in [0.4, 0.5) is 0 Å². The summed E-state index contributed by atoms with van der Waals surface area (Å²) in [6.07, 6.45) is 1.64. The van der Waals surface area contributed by atoms with Crippen LogP contribution >= 0.6 is 15.9 Å². The van der Waals surface area contributed by atoms with Gasteiger partial charge < -0.3 is 14.8 Å². The zero-order chi connectivity index (χ0) is 19.6. The first-order valence-corrected chi connectivity index (χ1v) is 8.90. The van der Waals surface area contributed by atoms with Crippen LogP contribution in [0, 0.1) is 0 Å². The van der Waals surface area contributed by atoms with E-state index >= 15 is 0 Å². The van der Waals surface area contributed by atoms with Gasteiger partial charge >= 0.3 is 0 Å². The molecule has 0 saturated heterocycles. The molecule has 2 aromatic rings. The number of carbonyl (C=O) groups excluding carboxylic acids is 2. The van der Waals surface area contributed by atoms with Crippen LogP contribution in [-0.4, -0.2) is 38.8 Å². The fourth-order valence-electron chi connectivity index (χ4n) is 2.13. The van der Waals surface area contributed by atoms with Gasteiger partial charge in [-0.2, -0.15) is 5.10 Å². The van der Waals surface area contributed by atoms with Crippen LogP contribution in [0.1, 0.15) is 22.3 Å². The van der Waals surface area contributed by atoms with Crippen LogP contribution in [0.5, 0.6) is 11.5 Å². The fraction of sp³-hybridized carbons (Fsp3) is 0.211. The molecule has 2 rings (SSSR count). The number of hydrazone groups is 1. The Bertz CT molecular complexity index is 822. The van der Waals surface area contributed by atoms with E-state index in [0.29, 0.717) is 17.1 Å². The number of nitrogens with one attached hydrogen (secondary N) is 2. The molecule has 0 atom stereocenters. The third-order valence-electron chi connectivity index (χ3n) is 3.57. The predicted molar refractivity (Wildman–Crippen MR) is 106 cm³/mol. The average molecular weight is 434 g/mol. The highest BCUT2D eigenvalue weighted by Gasteiger charge is 2.06. The van der Waals surface area contributed by atoms with Crippen LogP contribution in [-0.2, 0) is 4.79 Å². The van der Waals surface area contributed by atoms with E-state index in [0.717, 1.165) is 10.0 Å². The first kappa shape index (κ1) is 20.4. The number of methoxy groups -OCH3 is 2. The molecule has 0 bridgehead atoms. The second-order valence-corrected chi connectivity index (χ2v) is 6.28. The predicted octanol–water partition coefficient (Wildman–Crippen LogP) is 2.74. The summed E-state index contributed by atoms with van der Waals surface area (Å²) in [4.78, 5) is 23.8. The number of carbonyl (C=O) groups is 2. The fourth-order valence-corrected chi connectivity index (χ4v) is 2.69. The lowest BCUT2D eigenvalue weighted by atomic mass is 10.2. The molecule has 2 N–H and O–H groups in total. The first-order chi connectivity index (χ1) is 13.0. The zero-order valence-electron chi connectivity index (χ0n) is 15.0. The number of ether oxygens (including phenoxy) is 2. The maximum Gasteiger partial charge on any atom is 0.251 e. The topological polar surface area (TPSA) is 89.0 Å². The van der Waals surface area contributed by atoms with Crippen LogP contribution in [0.3, 0.4) is 0 Å². The molecular weight excluding hydrogens is 414 g/mol. The number of nitrogens with zero attached hydrogens (tertiary/aromatic N) is 1. The van der Waals surface area contributed by atoms with Gasteiger partial charge in [0.2, 0.25) is 5.91 Å². The van der Waals surface area contributed by atoms with Gasteiger partial charge in [-0.15, -0.1) is 0 Å². The van der Waals surface area contributed by atoms with E-state index in [-0.39, 0.29) is 24.8 Å². The van der Waals surface area contributed by atoms with Gasteiger partial charge in [-0.05, 0) is 64.0 Å². The van der Waals surface area contributed by atoms with Gasteiger partial charge in [0, 0.05) is 18.5 Å². The standard InChI is InChI=1S/C19H20BrN3O4/c1-26-15-6-4-14(5-7-15)19(25)21-10-9-18(24)23-22-12-13-3-8-17(27-2)16(20)11-13/h3-8,11-12H,9-10H2,1-2H3,(H,21,25)(H,23,24). The minimum absolute atomic E-state index is 0.117. The van der Waals surface area contributed by atoms with Crippen molar-refractivity contribution in [3.8, 4) is 11.5 Å². The van der Waals surface area contributed by atoms with Gasteiger partial charge in [-0.1, -0.05) is 0 Å². The minimum atomic E-state index is -0.297. The number of rotatable bonds is 8. The monoisotopic (exact) mass is 433 g/mol. The highest BCUT2D eigenvalue weighted by atomic mass is 79.9. The molecule has 7 nitrogen and oxygen atoms in total. The smallest absolute Gasteiger partial charge is 0.251 e. The second kappa shape index (κ2) is 10.3. The Labute approximate surface area is 165 Å². The molecule has 0 aliphatic carbocycles. The normalized spacial score (nSPS) is 10.5. The summed E-state index contributed by atoms with van der Waals surface area (Å²) in [5, 5.41) is 6.58. The molecule has 0 spiro atoms. The van der Waals surface area contributed by atoms with Crippen LogP contribution in [0.15, 0.2) is 52.0 Å². The van der Waals surface area contributed by atoms with Gasteiger partial charge in [-0.3, -0.25) is 9.59 Å². The van der Waals surface area contributed by atoms with Crippen molar-refractivity contribution in [1.29, 1.82) is 0 Å². The Morgan fingerprint density at radius 2 is 1.85 bits per heavy atom. The molecule has 27 heavy (non-hydrogen) atoms. The first-order valence-electron chi connectivity index (χ1n) is 8.11. The average Bonchev–Trinajstić information content (AvgIpc) is 2.68. The summed E-state index contributed by atoms with van der Waals surface area (Å²) < 4.78 is 11.0. The Morgan fingerprint density at radius 1 is 1.11 bits per heavy atom. The lowest BCUT2D eigenvalue weighted by Crippen LogP contribution is -2.29. The lowest BCUT2D eigenvalue weighted by molar-refractivity contribution is -0.120. The molecule has 0 unspecified atom stereocenters. The van der Waals surface area contributed by atoms with Crippen molar-refractivity contribution in [2.75, 3.05) is 20.8 Å². The Hall–Kier alpha value is -2.87. The quantitative estimate of drug-likeness (QED) is 0.494. The van der Waals surface area contributed by atoms with Crippen molar-refractivity contribution in [3.63, 3.8) is 0 Å². The molecule has 2 amide bonds. The van der Waals surface area contributed by atoms with Crippen LogP contribution < -0.4 is 20.2 Å². The number of hydrogen-bond donors (Lipinski definition) is 2. The largest absolute Gasteiger partial charge is 0.497 e. The molecule has 0 heterocycles. The molecule has 0 aromatic heterocycles. The van der Waals surface area contributed by atoms with E-state index in [9.17, 15) is 9.59 Å². The summed E-state index contributed by atoms with van der Waals surface area (Å²) in [6.45, 7) is 0.209. The molecule has 0 radical (unpaired) electrons. The van der Waals surface area contributed by atoms with Crippen molar-refractivity contribution < 1.29 is 19.1 Å². The molecular formula is C19H20BrN3O4. The summed E-state index contributed by atoms with van der Waals surface area (Å²) >= 11 is 3.38. The molecule has 142 valence electrons. The van der Waals surface area contributed by atoms with E-state index in [1.807, 2.05) is 12.1 Å². The molecule has 2 aromatic carbocycles. The molecule has 0 saturated carbocycles. The zero-order valence-corrected chi connectivity index (χ0v) is 16.6. The van der Waals surface area contributed by atoms with Crippen LogP contribution in [0.2, 0.25) is 0 Å². The number of benzene rings is 2. The Morgan fingerprint density at radius 3 is 2.48 bits per heavy atom. The van der Waals surface area contributed by atoms with E-state index < -0.39 is 0 Å². The summed E-state index contributed by atoms with van der Waals surface area (Å²) in [5.74, 6) is 0.836. The molecule has 0 fully saturated rings. The van der Waals surface area contributed by atoms with E-state index in [4.69, 9.17) is 9.47 Å². The van der Waals surface area contributed by atoms with Gasteiger partial charge in [-0.25, -0.2) is 5.43 Å². The third kappa shape index (κ3) is 6.41. The van der Waals surface area contributed by atoms with E-state index in [2.05, 4.69) is 31.8 Å². The molecule has 0 aliphatic heterocycles. The van der Waals surface area contributed by atoms with Crippen molar-refractivity contribution >= 4 is 34.0 Å². The second-order valence-electron chi connectivity index (χ2n) is 5.42. The Balaban J connectivity index is 1.74. The van der Waals surface area contributed by atoms with Crippen molar-refractivity contribution in [2.24, 2.45) is 5.10 Å². The van der Waals surface area contributed by atoms with Gasteiger partial charge in [0.1, 0.15) is 11.5 Å². The maximum absolute atomic E-state index is 12.0. The molecule has 0 aliphatic rings. The van der Waals surface area contributed by atoms with Gasteiger partial charge in [0.05, 0.1) is 24.9 Å². The summed E-state index contributed by atoms with van der Waals surface area (Å²) in [6, 6.07) is 12.2. The summed E-state index contributed by atoms with van der Waals surface area (Å²) in [5.41, 5.74) is 3.72. The number of amides is 2. The number of hydrogen-bond acceptors (Lipinski definition) is 5. The van der Waals surface area contributed by atoms with Crippen molar-refractivity contribution in [3.05, 3.63) is 58.1 Å². The van der Waals surface area contributed by atoms with E-state index in [1.54, 1.807) is 44.6 Å². The number of halogens is 1. The van der Waals surface area contributed by atoms with Crippen LogP contribution in [0.25, 0.3) is 0 Å². The minimum Gasteiger partial charge on any atom is -0.497 e.